The van der Waals surface area contributed by atoms with Crippen molar-refractivity contribution < 1.29 is 4.79 Å². The Morgan fingerprint density at radius 1 is 1.55 bits per heavy atom. The smallest absolute Gasteiger partial charge is 0.223 e. The second-order valence-electron chi connectivity index (χ2n) is 5.11. The average molecular weight is 291 g/mol. The lowest BCUT2D eigenvalue weighted by Crippen LogP contribution is -2.35. The minimum Gasteiger partial charge on any atom is -0.368 e. The highest BCUT2D eigenvalue weighted by atomic mass is 32.1. The molecule has 1 saturated heterocycles. The number of aryl methyl sites for hydroxylation is 1. The topological polar surface area (TPSA) is 84.1 Å². The molecular formula is C13H17N5OS. The van der Waals surface area contributed by atoms with Crippen molar-refractivity contribution in [1.29, 1.82) is 0 Å². The average Bonchev–Trinajstić information content (AvgIpc) is 2.93. The number of nitrogens with zero attached hydrogens (tertiary/aromatic N) is 3. The summed E-state index contributed by atoms with van der Waals surface area (Å²) in [4.78, 5) is 24.1. The van der Waals surface area contributed by atoms with Crippen molar-refractivity contribution in [2.75, 3.05) is 23.7 Å². The largest absolute Gasteiger partial charge is 0.368 e. The van der Waals surface area contributed by atoms with Crippen LogP contribution in [0.3, 0.4) is 0 Å². The predicted octanol–water partition coefficient (Wildman–Crippen LogP) is 1.30. The summed E-state index contributed by atoms with van der Waals surface area (Å²) in [5, 5.41) is 4.00. The van der Waals surface area contributed by atoms with Crippen LogP contribution in [-0.4, -0.2) is 35.0 Å². The third kappa shape index (κ3) is 2.40. The molecule has 0 saturated carbocycles. The number of aromatic nitrogens is 2. The number of hydrogen-bond donors (Lipinski definition) is 2. The molecule has 1 fully saturated rings. The van der Waals surface area contributed by atoms with Crippen LogP contribution in [0.5, 0.6) is 0 Å². The highest BCUT2D eigenvalue weighted by molar-refractivity contribution is 7.18. The molecule has 2 aromatic heterocycles. The van der Waals surface area contributed by atoms with Gasteiger partial charge in [0.1, 0.15) is 10.6 Å². The van der Waals surface area contributed by atoms with Crippen LogP contribution >= 0.6 is 11.3 Å². The lowest BCUT2D eigenvalue weighted by atomic mass is 10.2. The van der Waals surface area contributed by atoms with E-state index in [9.17, 15) is 4.79 Å². The molecule has 3 rings (SSSR count). The fraction of sp³-hybridized carbons (Fsp3) is 0.462. The van der Waals surface area contributed by atoms with Gasteiger partial charge in [-0.15, -0.1) is 11.3 Å². The van der Waals surface area contributed by atoms with E-state index in [0.717, 1.165) is 35.5 Å². The molecule has 6 nitrogen and oxygen atoms in total. The fourth-order valence-corrected chi connectivity index (χ4v) is 3.52. The molecule has 0 bridgehead atoms. The van der Waals surface area contributed by atoms with Gasteiger partial charge in [0.15, 0.2) is 0 Å². The molecule has 2 aromatic rings. The summed E-state index contributed by atoms with van der Waals surface area (Å²) in [6.07, 6.45) is 0.925. The molecule has 1 unspecified atom stereocenters. The molecule has 3 heterocycles. The van der Waals surface area contributed by atoms with Crippen molar-refractivity contribution >= 4 is 39.2 Å². The molecule has 7 heteroatoms. The van der Waals surface area contributed by atoms with Gasteiger partial charge in [-0.3, -0.25) is 4.79 Å². The van der Waals surface area contributed by atoms with Crippen LogP contribution in [-0.2, 0) is 4.79 Å². The first-order valence-electron chi connectivity index (χ1n) is 6.58. The quantitative estimate of drug-likeness (QED) is 0.871. The van der Waals surface area contributed by atoms with Crippen molar-refractivity contribution in [2.24, 2.45) is 0 Å². The van der Waals surface area contributed by atoms with Crippen LogP contribution < -0.4 is 16.0 Å². The third-order valence-electron chi connectivity index (χ3n) is 3.41. The SMILES string of the molecule is CC(=O)NC1CCN(c2nc(N)nc3sc(C)cc23)C1. The molecule has 0 aliphatic carbocycles. The Morgan fingerprint density at radius 2 is 2.35 bits per heavy atom. The monoisotopic (exact) mass is 291 g/mol. The zero-order valence-corrected chi connectivity index (χ0v) is 12.3. The van der Waals surface area contributed by atoms with Crippen molar-refractivity contribution in [3.05, 3.63) is 10.9 Å². The molecule has 106 valence electrons. The number of thiophene rings is 1. The Balaban J connectivity index is 1.92. The van der Waals surface area contributed by atoms with Crippen LogP contribution in [0.15, 0.2) is 6.07 Å². The van der Waals surface area contributed by atoms with Gasteiger partial charge in [0.2, 0.25) is 11.9 Å². The lowest BCUT2D eigenvalue weighted by molar-refractivity contribution is -0.119. The summed E-state index contributed by atoms with van der Waals surface area (Å²) >= 11 is 1.62. The Labute approximate surface area is 121 Å². The number of rotatable bonds is 2. The lowest BCUT2D eigenvalue weighted by Gasteiger charge is -2.18. The number of nitrogens with one attached hydrogen (secondary N) is 1. The molecular weight excluding hydrogens is 274 g/mol. The van der Waals surface area contributed by atoms with Gasteiger partial charge in [-0.2, -0.15) is 4.98 Å². The van der Waals surface area contributed by atoms with Crippen molar-refractivity contribution in [2.45, 2.75) is 26.3 Å². The summed E-state index contributed by atoms with van der Waals surface area (Å²) in [5.41, 5.74) is 5.80. The van der Waals surface area contributed by atoms with Crippen LogP contribution in [0.25, 0.3) is 10.2 Å². The van der Waals surface area contributed by atoms with E-state index >= 15 is 0 Å². The van der Waals surface area contributed by atoms with Crippen molar-refractivity contribution in [3.8, 4) is 0 Å². The maximum absolute atomic E-state index is 11.1. The van der Waals surface area contributed by atoms with E-state index in [-0.39, 0.29) is 11.9 Å². The first-order valence-corrected chi connectivity index (χ1v) is 7.40. The van der Waals surface area contributed by atoms with Gasteiger partial charge in [0.25, 0.3) is 0 Å². The zero-order chi connectivity index (χ0) is 14.3. The third-order valence-corrected chi connectivity index (χ3v) is 4.35. The number of carbonyl (C=O) groups excluding carboxylic acids is 1. The Morgan fingerprint density at radius 3 is 3.10 bits per heavy atom. The Hall–Kier alpha value is -1.89. The van der Waals surface area contributed by atoms with E-state index in [0.29, 0.717) is 5.95 Å². The number of anilines is 2. The van der Waals surface area contributed by atoms with E-state index in [1.165, 1.54) is 4.88 Å². The number of hydrogen-bond acceptors (Lipinski definition) is 6. The van der Waals surface area contributed by atoms with Gasteiger partial charge in [-0.05, 0) is 19.4 Å². The summed E-state index contributed by atoms with van der Waals surface area (Å²) in [7, 11) is 0. The van der Waals surface area contributed by atoms with Crippen LogP contribution in [0.2, 0.25) is 0 Å². The second-order valence-corrected chi connectivity index (χ2v) is 6.35. The second kappa shape index (κ2) is 4.90. The fourth-order valence-electron chi connectivity index (χ4n) is 2.64. The minimum atomic E-state index is 0.00979. The Kier molecular flexibility index (Phi) is 3.21. The van der Waals surface area contributed by atoms with Gasteiger partial charge in [0.05, 0.1) is 5.39 Å². The predicted molar refractivity (Wildman–Crippen MR) is 81.0 cm³/mol. The molecule has 1 aliphatic heterocycles. The van der Waals surface area contributed by atoms with Gasteiger partial charge in [-0.1, -0.05) is 0 Å². The standard InChI is InChI=1S/C13H17N5OS/c1-7-5-10-11(16-13(14)17-12(10)20-7)18-4-3-9(6-18)15-8(2)19/h5,9H,3-4,6H2,1-2H3,(H,15,19)(H2,14,16,17). The molecule has 1 aliphatic rings. The van der Waals surface area contributed by atoms with Crippen molar-refractivity contribution in [3.63, 3.8) is 0 Å². The summed E-state index contributed by atoms with van der Waals surface area (Å²) in [5.74, 6) is 1.19. The maximum atomic E-state index is 11.1. The molecule has 0 spiro atoms. The molecule has 0 radical (unpaired) electrons. The van der Waals surface area contributed by atoms with E-state index in [4.69, 9.17) is 5.73 Å². The number of fused-ring (bicyclic) bond motifs is 1. The molecule has 3 N–H and O–H groups in total. The first kappa shape index (κ1) is 13.1. The molecule has 1 amide bonds. The van der Waals surface area contributed by atoms with Crippen LogP contribution in [0, 0.1) is 6.92 Å². The van der Waals surface area contributed by atoms with E-state index in [2.05, 4.69) is 33.2 Å². The molecule has 1 atom stereocenters. The summed E-state index contributed by atoms with van der Waals surface area (Å²) in [6.45, 7) is 5.23. The number of carbonyl (C=O) groups is 1. The normalized spacial score (nSPS) is 18.7. The van der Waals surface area contributed by atoms with Gasteiger partial charge < -0.3 is 16.0 Å². The molecule has 20 heavy (non-hydrogen) atoms. The first-order chi connectivity index (χ1) is 9.52. The molecule has 0 aromatic carbocycles. The Bertz CT molecular complexity index is 668. The number of amides is 1. The van der Waals surface area contributed by atoms with Crippen molar-refractivity contribution in [1.82, 2.24) is 15.3 Å². The highest BCUT2D eigenvalue weighted by Crippen LogP contribution is 2.32. The van der Waals surface area contributed by atoms with E-state index in [1.807, 2.05) is 0 Å². The van der Waals surface area contributed by atoms with Gasteiger partial charge in [0, 0.05) is 30.9 Å². The zero-order valence-electron chi connectivity index (χ0n) is 11.5. The van der Waals surface area contributed by atoms with Gasteiger partial charge in [-0.25, -0.2) is 4.98 Å². The van der Waals surface area contributed by atoms with E-state index < -0.39 is 0 Å². The van der Waals surface area contributed by atoms with Crippen LogP contribution in [0.1, 0.15) is 18.2 Å². The summed E-state index contributed by atoms with van der Waals surface area (Å²) < 4.78 is 0. The number of nitrogen functional groups attached to an aromatic ring is 1. The maximum Gasteiger partial charge on any atom is 0.223 e. The summed E-state index contributed by atoms with van der Waals surface area (Å²) in [6, 6.07) is 2.28. The number of nitrogens with two attached hydrogens (primary N) is 1. The highest BCUT2D eigenvalue weighted by Gasteiger charge is 2.26. The minimum absolute atomic E-state index is 0.00979. The van der Waals surface area contributed by atoms with Gasteiger partial charge >= 0.3 is 0 Å². The van der Waals surface area contributed by atoms with E-state index in [1.54, 1.807) is 18.3 Å². The van der Waals surface area contributed by atoms with Crippen LogP contribution in [0.4, 0.5) is 11.8 Å².